The molecule has 2 rings (SSSR count). The Kier molecular flexibility index (Phi) is 9.40. The Morgan fingerprint density at radius 2 is 2.04 bits per heavy atom. The number of rotatable bonds is 8. The molecule has 3 unspecified atom stereocenters. The lowest BCUT2D eigenvalue weighted by Crippen LogP contribution is -2.43. The topological polar surface area (TPSA) is 96.9 Å². The summed E-state index contributed by atoms with van der Waals surface area (Å²) in [4.78, 5) is 24.1. The summed E-state index contributed by atoms with van der Waals surface area (Å²) >= 11 is 0. The van der Waals surface area contributed by atoms with E-state index in [4.69, 9.17) is 9.47 Å². The van der Waals surface area contributed by atoms with Crippen LogP contribution in [0, 0.1) is 5.92 Å². The largest absolute Gasteiger partial charge is 0.494 e. The number of ether oxygens (including phenoxy) is 2. The predicted molar refractivity (Wildman–Crippen MR) is 99.5 cm³/mol. The van der Waals surface area contributed by atoms with Crippen LogP contribution in [0.2, 0.25) is 0 Å². The second-order valence-electron chi connectivity index (χ2n) is 6.10. The van der Waals surface area contributed by atoms with Gasteiger partial charge in [-0.3, -0.25) is 9.59 Å². The molecule has 146 valence electrons. The number of hydrogen-bond donors (Lipinski definition) is 3. The van der Waals surface area contributed by atoms with Gasteiger partial charge in [0.25, 0.3) is 0 Å². The highest BCUT2D eigenvalue weighted by Crippen LogP contribution is 2.16. The zero-order valence-electron chi connectivity index (χ0n) is 15.1. The zero-order valence-corrected chi connectivity index (χ0v) is 15.9. The van der Waals surface area contributed by atoms with E-state index in [1.807, 2.05) is 31.2 Å². The predicted octanol–water partition coefficient (Wildman–Crippen LogP) is 0.678. The summed E-state index contributed by atoms with van der Waals surface area (Å²) in [6.45, 7) is 3.11. The van der Waals surface area contributed by atoms with Crippen LogP contribution < -0.4 is 15.4 Å². The molecule has 8 heteroatoms. The van der Waals surface area contributed by atoms with Gasteiger partial charge in [0.15, 0.2) is 0 Å². The average Bonchev–Trinajstić information content (AvgIpc) is 3.06. The average molecular weight is 387 g/mol. The number of aliphatic hydroxyl groups is 1. The summed E-state index contributed by atoms with van der Waals surface area (Å²) in [6.07, 6.45) is 0.337. The molecule has 0 bridgehead atoms. The van der Waals surface area contributed by atoms with Gasteiger partial charge in [-0.25, -0.2) is 0 Å². The Hall–Kier alpha value is -1.83. The summed E-state index contributed by atoms with van der Waals surface area (Å²) in [6, 6.07) is 7.10. The summed E-state index contributed by atoms with van der Waals surface area (Å²) in [5, 5.41) is 15.2. The first kappa shape index (κ1) is 22.2. The third-order valence-corrected chi connectivity index (χ3v) is 4.20. The summed E-state index contributed by atoms with van der Waals surface area (Å²) in [7, 11) is 1.34. The van der Waals surface area contributed by atoms with Gasteiger partial charge in [-0.1, -0.05) is 12.1 Å². The minimum atomic E-state index is -0.504. The van der Waals surface area contributed by atoms with Crippen LogP contribution in [0.25, 0.3) is 0 Å². The van der Waals surface area contributed by atoms with E-state index in [1.54, 1.807) is 0 Å². The minimum absolute atomic E-state index is 0. The van der Waals surface area contributed by atoms with Crippen LogP contribution in [-0.2, 0) is 20.7 Å². The highest BCUT2D eigenvalue weighted by Gasteiger charge is 2.29. The molecule has 26 heavy (non-hydrogen) atoms. The number of hydrogen-bond acceptors (Lipinski definition) is 6. The molecule has 7 nitrogen and oxygen atoms in total. The molecule has 1 aliphatic heterocycles. The SMILES string of the molecule is CCOc1ccc(CC(CNC(=O)C2CC(O)CN2)C(=O)OC)cc1.Cl. The first-order valence-corrected chi connectivity index (χ1v) is 8.52. The van der Waals surface area contributed by atoms with E-state index < -0.39 is 18.1 Å². The maximum Gasteiger partial charge on any atom is 0.310 e. The van der Waals surface area contributed by atoms with Crippen LogP contribution in [0.5, 0.6) is 5.75 Å². The van der Waals surface area contributed by atoms with Crippen LogP contribution in [0.15, 0.2) is 24.3 Å². The zero-order chi connectivity index (χ0) is 18.2. The summed E-state index contributed by atoms with van der Waals surface area (Å²) in [5.41, 5.74) is 0.961. The quantitative estimate of drug-likeness (QED) is 0.568. The molecular weight excluding hydrogens is 360 g/mol. The van der Waals surface area contributed by atoms with Crippen LogP contribution in [0.3, 0.4) is 0 Å². The van der Waals surface area contributed by atoms with Gasteiger partial charge in [0.2, 0.25) is 5.91 Å². The Labute approximate surface area is 159 Å². The molecule has 0 aliphatic carbocycles. The molecule has 0 saturated carbocycles. The van der Waals surface area contributed by atoms with Gasteiger partial charge in [0, 0.05) is 13.1 Å². The van der Waals surface area contributed by atoms with Crippen molar-refractivity contribution in [3.05, 3.63) is 29.8 Å². The van der Waals surface area contributed by atoms with E-state index in [-0.39, 0.29) is 30.8 Å². The van der Waals surface area contributed by atoms with Crippen molar-refractivity contribution in [2.45, 2.75) is 31.9 Å². The minimum Gasteiger partial charge on any atom is -0.494 e. The molecule has 0 aromatic heterocycles. The van der Waals surface area contributed by atoms with E-state index >= 15 is 0 Å². The second-order valence-corrected chi connectivity index (χ2v) is 6.10. The third kappa shape index (κ3) is 6.48. The fourth-order valence-electron chi connectivity index (χ4n) is 2.84. The summed E-state index contributed by atoms with van der Waals surface area (Å²) in [5.74, 6) is -0.274. The first-order chi connectivity index (χ1) is 12.0. The lowest BCUT2D eigenvalue weighted by molar-refractivity contribution is -0.145. The van der Waals surface area contributed by atoms with Crippen LogP contribution >= 0.6 is 12.4 Å². The number of carbonyl (C=O) groups excluding carboxylic acids is 2. The van der Waals surface area contributed by atoms with Crippen LogP contribution in [0.1, 0.15) is 18.9 Å². The van der Waals surface area contributed by atoms with E-state index in [0.717, 1.165) is 11.3 Å². The fourth-order valence-corrected chi connectivity index (χ4v) is 2.84. The number of esters is 1. The Morgan fingerprint density at radius 1 is 1.35 bits per heavy atom. The molecule has 1 aromatic rings. The smallest absolute Gasteiger partial charge is 0.310 e. The number of nitrogens with one attached hydrogen (secondary N) is 2. The van der Waals surface area contributed by atoms with E-state index in [0.29, 0.717) is 26.0 Å². The molecule has 1 aliphatic rings. The number of methoxy groups -OCH3 is 1. The maximum absolute atomic E-state index is 12.1. The molecule has 1 fully saturated rings. The van der Waals surface area contributed by atoms with Gasteiger partial charge in [-0.2, -0.15) is 0 Å². The van der Waals surface area contributed by atoms with Crippen molar-refractivity contribution < 1.29 is 24.2 Å². The Balaban J connectivity index is 0.00000338. The number of aliphatic hydroxyl groups excluding tert-OH is 1. The van der Waals surface area contributed by atoms with Crippen molar-refractivity contribution in [1.29, 1.82) is 0 Å². The Morgan fingerprint density at radius 3 is 2.58 bits per heavy atom. The van der Waals surface area contributed by atoms with Crippen molar-refractivity contribution in [2.24, 2.45) is 5.92 Å². The van der Waals surface area contributed by atoms with Crippen molar-refractivity contribution in [1.82, 2.24) is 10.6 Å². The van der Waals surface area contributed by atoms with Crippen molar-refractivity contribution >= 4 is 24.3 Å². The molecule has 1 heterocycles. The Bertz CT molecular complexity index is 581. The second kappa shape index (κ2) is 11.0. The monoisotopic (exact) mass is 386 g/mol. The maximum atomic E-state index is 12.1. The van der Waals surface area contributed by atoms with E-state index in [2.05, 4.69) is 10.6 Å². The first-order valence-electron chi connectivity index (χ1n) is 8.52. The van der Waals surface area contributed by atoms with Gasteiger partial charge in [0.05, 0.1) is 31.8 Å². The molecular formula is C18H27ClN2O5. The highest BCUT2D eigenvalue weighted by atomic mass is 35.5. The van der Waals surface area contributed by atoms with Gasteiger partial charge in [-0.15, -0.1) is 12.4 Å². The lowest BCUT2D eigenvalue weighted by atomic mass is 9.99. The lowest BCUT2D eigenvalue weighted by Gasteiger charge is -2.17. The number of amides is 1. The molecule has 3 atom stereocenters. The number of carbonyl (C=O) groups is 2. The van der Waals surface area contributed by atoms with Crippen LogP contribution in [-0.4, -0.2) is 55.9 Å². The fraction of sp³-hybridized carbons (Fsp3) is 0.556. The van der Waals surface area contributed by atoms with Crippen molar-refractivity contribution in [3.8, 4) is 5.75 Å². The number of benzene rings is 1. The van der Waals surface area contributed by atoms with Crippen molar-refractivity contribution in [2.75, 3.05) is 26.8 Å². The molecule has 3 N–H and O–H groups in total. The van der Waals surface area contributed by atoms with Gasteiger partial charge >= 0.3 is 5.97 Å². The van der Waals surface area contributed by atoms with Gasteiger partial charge < -0.3 is 25.2 Å². The highest BCUT2D eigenvalue weighted by molar-refractivity contribution is 5.85. The van der Waals surface area contributed by atoms with E-state index in [9.17, 15) is 14.7 Å². The molecule has 1 aromatic carbocycles. The molecule has 1 saturated heterocycles. The van der Waals surface area contributed by atoms with Gasteiger partial charge in [-0.05, 0) is 37.5 Å². The standard InChI is InChI=1S/C18H26N2O5.ClH/c1-3-25-15-6-4-12(5-7-15)8-13(18(23)24-2)10-20-17(22)16-9-14(21)11-19-16;/h4-7,13-14,16,19,21H,3,8-11H2,1-2H3,(H,20,22);1H. The van der Waals surface area contributed by atoms with E-state index in [1.165, 1.54) is 7.11 Å². The normalized spacial score (nSPS) is 20.0. The number of β-amino-alcohol motifs (C(OH)–C–C–N with tert-alkyl or cyclic N) is 1. The molecule has 0 radical (unpaired) electrons. The third-order valence-electron chi connectivity index (χ3n) is 4.20. The molecule has 1 amide bonds. The number of halogens is 1. The van der Waals surface area contributed by atoms with Gasteiger partial charge in [0.1, 0.15) is 5.75 Å². The van der Waals surface area contributed by atoms with Crippen LogP contribution in [0.4, 0.5) is 0 Å². The van der Waals surface area contributed by atoms with Crippen molar-refractivity contribution in [3.63, 3.8) is 0 Å². The summed E-state index contributed by atoms with van der Waals surface area (Å²) < 4.78 is 10.3. The molecule has 0 spiro atoms.